The van der Waals surface area contributed by atoms with Crippen molar-refractivity contribution in [3.63, 3.8) is 0 Å². The number of nitrogens with zero attached hydrogens (tertiary/aromatic N) is 3. The molecule has 0 unspecified atom stereocenters. The highest BCUT2D eigenvalue weighted by Gasteiger charge is 2.15. The van der Waals surface area contributed by atoms with Crippen LogP contribution >= 0.6 is 0 Å². The number of halogens is 1. The van der Waals surface area contributed by atoms with E-state index in [-0.39, 0.29) is 11.5 Å². The molecule has 0 saturated carbocycles. The average Bonchev–Trinajstić information content (AvgIpc) is 2.31. The summed E-state index contributed by atoms with van der Waals surface area (Å²) in [6.07, 6.45) is 4.50. The van der Waals surface area contributed by atoms with Crippen molar-refractivity contribution in [1.29, 1.82) is 5.26 Å². The Hall–Kier alpha value is -1.63. The average molecular weight is 205 g/mol. The highest BCUT2D eigenvalue weighted by Crippen LogP contribution is 2.22. The van der Waals surface area contributed by atoms with Crippen LogP contribution in [-0.2, 0) is 0 Å². The van der Waals surface area contributed by atoms with Gasteiger partial charge in [0.15, 0.2) is 5.82 Å². The molecule has 78 valence electrons. The summed E-state index contributed by atoms with van der Waals surface area (Å²) >= 11 is 0. The third-order valence-electron chi connectivity index (χ3n) is 2.65. The van der Waals surface area contributed by atoms with Crippen molar-refractivity contribution in [2.45, 2.75) is 19.3 Å². The second-order valence-electron chi connectivity index (χ2n) is 3.68. The van der Waals surface area contributed by atoms with Crippen LogP contribution in [0.5, 0.6) is 0 Å². The van der Waals surface area contributed by atoms with Crippen molar-refractivity contribution in [3.05, 3.63) is 23.8 Å². The minimum atomic E-state index is -0.337. The Bertz CT molecular complexity index is 391. The second kappa shape index (κ2) is 4.26. The lowest BCUT2D eigenvalue weighted by molar-refractivity contribution is 0.555. The Morgan fingerprint density at radius 1 is 1.33 bits per heavy atom. The number of piperidine rings is 1. The summed E-state index contributed by atoms with van der Waals surface area (Å²) in [6.45, 7) is 1.73. The molecule has 1 saturated heterocycles. The number of nitriles is 1. The van der Waals surface area contributed by atoms with Gasteiger partial charge in [-0.25, -0.2) is 9.37 Å². The number of rotatable bonds is 1. The Morgan fingerprint density at radius 3 is 2.73 bits per heavy atom. The van der Waals surface area contributed by atoms with Crippen LogP contribution in [0.25, 0.3) is 0 Å². The zero-order valence-electron chi connectivity index (χ0n) is 8.41. The van der Waals surface area contributed by atoms with E-state index in [1.807, 2.05) is 11.0 Å². The molecule has 1 aromatic heterocycles. The lowest BCUT2D eigenvalue weighted by Gasteiger charge is -2.28. The molecule has 2 heterocycles. The molecule has 0 aromatic carbocycles. The highest BCUT2D eigenvalue weighted by molar-refractivity contribution is 5.50. The maximum atomic E-state index is 13.5. The van der Waals surface area contributed by atoms with E-state index in [0.717, 1.165) is 32.1 Å². The molecule has 0 bridgehead atoms. The molecule has 1 fully saturated rings. The van der Waals surface area contributed by atoms with E-state index in [9.17, 15) is 4.39 Å². The number of aromatic nitrogens is 1. The van der Waals surface area contributed by atoms with Gasteiger partial charge >= 0.3 is 0 Å². The van der Waals surface area contributed by atoms with Gasteiger partial charge in [-0.15, -0.1) is 0 Å². The van der Waals surface area contributed by atoms with Crippen LogP contribution < -0.4 is 4.90 Å². The number of anilines is 1. The standard InChI is InChI=1S/C11H12FN3/c12-10-8-14-9(7-13)6-11(10)15-4-2-1-3-5-15/h6,8H,1-5H2. The van der Waals surface area contributed by atoms with Crippen LogP contribution in [0.3, 0.4) is 0 Å². The van der Waals surface area contributed by atoms with Crippen LogP contribution in [0.2, 0.25) is 0 Å². The smallest absolute Gasteiger partial charge is 0.164 e. The lowest BCUT2D eigenvalue weighted by atomic mass is 10.1. The normalized spacial score (nSPS) is 16.1. The van der Waals surface area contributed by atoms with Crippen LogP contribution in [-0.4, -0.2) is 18.1 Å². The topological polar surface area (TPSA) is 39.9 Å². The van der Waals surface area contributed by atoms with Gasteiger partial charge in [-0.2, -0.15) is 5.26 Å². The molecule has 0 aliphatic carbocycles. The fraction of sp³-hybridized carbons (Fsp3) is 0.455. The van der Waals surface area contributed by atoms with Crippen LogP contribution in [0, 0.1) is 17.1 Å². The zero-order valence-corrected chi connectivity index (χ0v) is 8.41. The van der Waals surface area contributed by atoms with Crippen LogP contribution in [0.1, 0.15) is 25.0 Å². The van der Waals surface area contributed by atoms with E-state index in [4.69, 9.17) is 5.26 Å². The Balaban J connectivity index is 2.29. The lowest BCUT2D eigenvalue weighted by Crippen LogP contribution is -2.30. The molecule has 1 aliphatic heterocycles. The highest BCUT2D eigenvalue weighted by atomic mass is 19.1. The summed E-state index contributed by atoms with van der Waals surface area (Å²) in [7, 11) is 0. The molecule has 0 radical (unpaired) electrons. The van der Waals surface area contributed by atoms with Crippen molar-refractivity contribution < 1.29 is 4.39 Å². The van der Waals surface area contributed by atoms with E-state index in [2.05, 4.69) is 4.98 Å². The fourth-order valence-electron chi connectivity index (χ4n) is 1.87. The molecule has 1 aliphatic rings. The molecular weight excluding hydrogens is 193 g/mol. The number of pyridine rings is 1. The van der Waals surface area contributed by atoms with Gasteiger partial charge < -0.3 is 4.90 Å². The summed E-state index contributed by atoms with van der Waals surface area (Å²) in [5.41, 5.74) is 0.790. The van der Waals surface area contributed by atoms with E-state index in [0.29, 0.717) is 5.69 Å². The maximum Gasteiger partial charge on any atom is 0.164 e. The Labute approximate surface area is 88.2 Å². The van der Waals surface area contributed by atoms with Crippen molar-refractivity contribution in [3.8, 4) is 6.07 Å². The predicted molar refractivity (Wildman–Crippen MR) is 55.0 cm³/mol. The summed E-state index contributed by atoms with van der Waals surface area (Å²) in [4.78, 5) is 5.68. The van der Waals surface area contributed by atoms with Crippen molar-refractivity contribution in [2.75, 3.05) is 18.0 Å². The molecule has 0 atom stereocenters. The van der Waals surface area contributed by atoms with Gasteiger partial charge in [-0.05, 0) is 19.3 Å². The third kappa shape index (κ3) is 2.07. The van der Waals surface area contributed by atoms with Crippen molar-refractivity contribution in [2.24, 2.45) is 0 Å². The first kappa shape index (κ1) is 9.91. The molecule has 4 heteroatoms. The first-order chi connectivity index (χ1) is 7.31. The first-order valence-corrected chi connectivity index (χ1v) is 5.12. The maximum absolute atomic E-state index is 13.5. The molecule has 2 rings (SSSR count). The molecule has 0 N–H and O–H groups in total. The van der Waals surface area contributed by atoms with Gasteiger partial charge in [0.05, 0.1) is 11.9 Å². The zero-order chi connectivity index (χ0) is 10.7. The summed E-state index contributed by atoms with van der Waals surface area (Å²) in [5.74, 6) is -0.337. The predicted octanol–water partition coefficient (Wildman–Crippen LogP) is 2.08. The van der Waals surface area contributed by atoms with Gasteiger partial charge in [0, 0.05) is 19.2 Å². The molecule has 1 aromatic rings. The molecule has 3 nitrogen and oxygen atoms in total. The quantitative estimate of drug-likeness (QED) is 0.704. The Kier molecular flexibility index (Phi) is 2.82. The van der Waals surface area contributed by atoms with E-state index >= 15 is 0 Å². The van der Waals surface area contributed by atoms with Crippen molar-refractivity contribution >= 4 is 5.69 Å². The van der Waals surface area contributed by atoms with E-state index in [1.165, 1.54) is 12.5 Å². The number of hydrogen-bond donors (Lipinski definition) is 0. The minimum Gasteiger partial charge on any atom is -0.369 e. The number of hydrogen-bond acceptors (Lipinski definition) is 3. The first-order valence-electron chi connectivity index (χ1n) is 5.12. The molecular formula is C11H12FN3. The van der Waals surface area contributed by atoms with Crippen molar-refractivity contribution in [1.82, 2.24) is 4.98 Å². The molecule has 0 spiro atoms. The van der Waals surface area contributed by atoms with Gasteiger partial charge in [-0.1, -0.05) is 0 Å². The minimum absolute atomic E-state index is 0.275. The summed E-state index contributed by atoms with van der Waals surface area (Å²) < 4.78 is 13.5. The molecule has 15 heavy (non-hydrogen) atoms. The summed E-state index contributed by atoms with van der Waals surface area (Å²) in [5, 5.41) is 8.70. The Morgan fingerprint density at radius 2 is 2.07 bits per heavy atom. The third-order valence-corrected chi connectivity index (χ3v) is 2.65. The monoisotopic (exact) mass is 205 g/mol. The van der Waals surface area contributed by atoms with Gasteiger partial charge in [-0.3, -0.25) is 0 Å². The molecule has 0 amide bonds. The van der Waals surface area contributed by atoms with Gasteiger partial charge in [0.25, 0.3) is 0 Å². The largest absolute Gasteiger partial charge is 0.369 e. The van der Waals surface area contributed by atoms with Crippen LogP contribution in [0.4, 0.5) is 10.1 Å². The summed E-state index contributed by atoms with van der Waals surface area (Å²) in [6, 6.07) is 3.46. The van der Waals surface area contributed by atoms with E-state index < -0.39 is 0 Å². The van der Waals surface area contributed by atoms with E-state index in [1.54, 1.807) is 0 Å². The van der Waals surface area contributed by atoms with Gasteiger partial charge in [0.2, 0.25) is 0 Å². The second-order valence-corrected chi connectivity index (χ2v) is 3.68. The SMILES string of the molecule is N#Cc1cc(N2CCCCC2)c(F)cn1. The van der Waals surface area contributed by atoms with Gasteiger partial charge in [0.1, 0.15) is 11.8 Å². The fourth-order valence-corrected chi connectivity index (χ4v) is 1.87. The van der Waals surface area contributed by atoms with Crippen LogP contribution in [0.15, 0.2) is 12.3 Å².